The second-order valence-electron chi connectivity index (χ2n) is 9.89. The number of hydrogen-bond donors (Lipinski definition) is 2. The molecule has 1 atom stereocenters. The maximum Gasteiger partial charge on any atom is 0.241 e. The van der Waals surface area contributed by atoms with Crippen LogP contribution in [-0.2, 0) is 33.7 Å². The van der Waals surface area contributed by atoms with E-state index >= 15 is 0 Å². The highest BCUT2D eigenvalue weighted by atomic mass is 32.2. The molecule has 0 saturated carbocycles. The number of sulfonamides is 1. The van der Waals surface area contributed by atoms with Crippen LogP contribution in [0.2, 0.25) is 0 Å². The summed E-state index contributed by atoms with van der Waals surface area (Å²) in [5.41, 5.74) is 3.71. The summed E-state index contributed by atoms with van der Waals surface area (Å²) in [5.74, 6) is 0.218. The topological polar surface area (TPSA) is 66.4 Å². The smallest absolute Gasteiger partial charge is 0.241 e. The highest BCUT2D eigenvalue weighted by molar-refractivity contribution is 7.89. The Morgan fingerprint density at radius 2 is 1.54 bits per heavy atom. The molecule has 2 aromatic carbocycles. The van der Waals surface area contributed by atoms with Gasteiger partial charge in [0.25, 0.3) is 0 Å². The van der Waals surface area contributed by atoms with Gasteiger partial charge in [0.15, 0.2) is 0 Å². The van der Waals surface area contributed by atoms with Gasteiger partial charge < -0.3 is 5.11 Å². The highest BCUT2D eigenvalue weighted by Crippen LogP contribution is 2.34. The molecule has 0 fully saturated rings. The molecule has 28 heavy (non-hydrogen) atoms. The van der Waals surface area contributed by atoms with Crippen molar-refractivity contribution in [3.05, 3.63) is 58.7 Å². The SMILES string of the molecule is CC(C)(C)c1ccc(S(=O)(=O)NC2Cc3ccc(O)cc3C2)c(C(C)(C)C)c1. The maximum absolute atomic E-state index is 13.3. The van der Waals surface area contributed by atoms with E-state index in [-0.39, 0.29) is 22.6 Å². The lowest BCUT2D eigenvalue weighted by atomic mass is 9.81. The number of nitrogens with one attached hydrogen (secondary N) is 1. The van der Waals surface area contributed by atoms with Crippen LogP contribution in [0.3, 0.4) is 0 Å². The zero-order valence-corrected chi connectivity index (χ0v) is 18.4. The van der Waals surface area contributed by atoms with Gasteiger partial charge in [0, 0.05) is 6.04 Å². The quantitative estimate of drug-likeness (QED) is 0.799. The number of aromatic hydroxyl groups is 1. The minimum Gasteiger partial charge on any atom is -0.508 e. The van der Waals surface area contributed by atoms with Gasteiger partial charge in [-0.25, -0.2) is 13.1 Å². The molecule has 0 bridgehead atoms. The van der Waals surface area contributed by atoms with Gasteiger partial charge in [0.2, 0.25) is 10.0 Å². The van der Waals surface area contributed by atoms with E-state index in [1.54, 1.807) is 18.2 Å². The molecule has 0 saturated heterocycles. The summed E-state index contributed by atoms with van der Waals surface area (Å²) in [7, 11) is -3.66. The Balaban J connectivity index is 1.94. The van der Waals surface area contributed by atoms with E-state index in [0.29, 0.717) is 17.7 Å². The van der Waals surface area contributed by atoms with Crippen molar-refractivity contribution in [1.82, 2.24) is 4.72 Å². The summed E-state index contributed by atoms with van der Waals surface area (Å²) in [6.07, 6.45) is 1.23. The van der Waals surface area contributed by atoms with E-state index in [9.17, 15) is 13.5 Å². The molecule has 0 heterocycles. The van der Waals surface area contributed by atoms with Crippen LogP contribution >= 0.6 is 0 Å². The molecule has 5 heteroatoms. The second-order valence-corrected chi connectivity index (χ2v) is 11.6. The molecular formula is C23H31NO3S. The first kappa shape index (κ1) is 20.9. The van der Waals surface area contributed by atoms with Crippen LogP contribution < -0.4 is 4.72 Å². The Hall–Kier alpha value is -1.85. The molecule has 0 aliphatic heterocycles. The first-order chi connectivity index (χ1) is 12.8. The van der Waals surface area contributed by atoms with Gasteiger partial charge >= 0.3 is 0 Å². The van der Waals surface area contributed by atoms with Crippen LogP contribution in [0, 0.1) is 0 Å². The monoisotopic (exact) mass is 401 g/mol. The summed E-state index contributed by atoms with van der Waals surface area (Å²) in [6, 6.07) is 10.8. The van der Waals surface area contributed by atoms with Gasteiger partial charge in [-0.3, -0.25) is 0 Å². The standard InChI is InChI=1S/C23H31NO3S/c1-22(2,3)17-8-10-21(20(14-17)23(4,5)6)28(26,27)24-18-11-15-7-9-19(25)13-16(15)12-18/h7-10,13-14,18,24-25H,11-12H2,1-6H3. The Kier molecular flexibility index (Phi) is 5.13. The van der Waals surface area contributed by atoms with Gasteiger partial charge in [-0.05, 0) is 64.1 Å². The van der Waals surface area contributed by atoms with Crippen LogP contribution in [0.1, 0.15) is 63.8 Å². The third-order valence-electron chi connectivity index (χ3n) is 5.39. The Morgan fingerprint density at radius 1 is 0.893 bits per heavy atom. The third-order valence-corrected chi connectivity index (χ3v) is 6.97. The van der Waals surface area contributed by atoms with Gasteiger partial charge in [-0.1, -0.05) is 59.7 Å². The molecule has 152 valence electrons. The lowest BCUT2D eigenvalue weighted by Gasteiger charge is -2.27. The summed E-state index contributed by atoms with van der Waals surface area (Å²) < 4.78 is 29.4. The molecule has 4 nitrogen and oxygen atoms in total. The fourth-order valence-corrected chi connectivity index (χ4v) is 5.42. The fourth-order valence-electron chi connectivity index (χ4n) is 3.79. The van der Waals surface area contributed by atoms with Crippen molar-refractivity contribution < 1.29 is 13.5 Å². The zero-order chi connectivity index (χ0) is 20.9. The van der Waals surface area contributed by atoms with Crippen LogP contribution in [0.25, 0.3) is 0 Å². The third kappa shape index (κ3) is 4.26. The molecule has 0 radical (unpaired) electrons. The lowest BCUT2D eigenvalue weighted by molar-refractivity contribution is 0.474. The average Bonchev–Trinajstić information content (AvgIpc) is 2.93. The number of phenols is 1. The number of fused-ring (bicyclic) bond motifs is 1. The van der Waals surface area contributed by atoms with Crippen LogP contribution in [0.4, 0.5) is 0 Å². The number of phenolic OH excluding ortho intramolecular Hbond substituents is 1. The second kappa shape index (κ2) is 6.89. The van der Waals surface area contributed by atoms with Crippen molar-refractivity contribution in [2.45, 2.75) is 76.2 Å². The molecule has 2 aromatic rings. The number of benzene rings is 2. The Labute approximate surface area is 169 Å². The van der Waals surface area contributed by atoms with E-state index in [0.717, 1.165) is 22.3 Å². The molecule has 1 aliphatic rings. The van der Waals surface area contributed by atoms with Crippen molar-refractivity contribution in [2.75, 3.05) is 0 Å². The van der Waals surface area contributed by atoms with Crippen molar-refractivity contribution in [3.8, 4) is 5.75 Å². The average molecular weight is 402 g/mol. The summed E-state index contributed by atoms with van der Waals surface area (Å²) in [5, 5.41) is 9.67. The van der Waals surface area contributed by atoms with E-state index in [2.05, 4.69) is 25.5 Å². The summed E-state index contributed by atoms with van der Waals surface area (Å²) in [4.78, 5) is 0.354. The predicted molar refractivity (Wildman–Crippen MR) is 113 cm³/mol. The number of rotatable bonds is 3. The van der Waals surface area contributed by atoms with Gasteiger partial charge in [0.1, 0.15) is 5.75 Å². The molecule has 3 rings (SSSR count). The molecule has 0 aromatic heterocycles. The zero-order valence-electron chi connectivity index (χ0n) is 17.6. The van der Waals surface area contributed by atoms with Crippen LogP contribution in [-0.4, -0.2) is 19.6 Å². The molecule has 0 spiro atoms. The van der Waals surface area contributed by atoms with Crippen molar-refractivity contribution in [2.24, 2.45) is 0 Å². The first-order valence-corrected chi connectivity index (χ1v) is 11.2. The largest absolute Gasteiger partial charge is 0.508 e. The van der Waals surface area contributed by atoms with Crippen LogP contribution in [0.15, 0.2) is 41.3 Å². The summed E-state index contributed by atoms with van der Waals surface area (Å²) in [6.45, 7) is 12.5. The van der Waals surface area contributed by atoms with E-state index in [4.69, 9.17) is 0 Å². The predicted octanol–water partition coefficient (Wildman–Crippen LogP) is 4.43. The molecule has 2 N–H and O–H groups in total. The van der Waals surface area contributed by atoms with E-state index < -0.39 is 10.0 Å². The molecule has 0 amide bonds. The molecule has 1 aliphatic carbocycles. The lowest BCUT2D eigenvalue weighted by Crippen LogP contribution is -2.36. The maximum atomic E-state index is 13.3. The molecular weight excluding hydrogens is 370 g/mol. The van der Waals surface area contributed by atoms with Crippen molar-refractivity contribution >= 4 is 10.0 Å². The normalized spacial score (nSPS) is 17.6. The summed E-state index contributed by atoms with van der Waals surface area (Å²) >= 11 is 0. The highest BCUT2D eigenvalue weighted by Gasteiger charge is 2.31. The van der Waals surface area contributed by atoms with Gasteiger partial charge in [-0.2, -0.15) is 0 Å². The van der Waals surface area contributed by atoms with Gasteiger partial charge in [-0.15, -0.1) is 0 Å². The Morgan fingerprint density at radius 3 is 2.14 bits per heavy atom. The molecule has 1 unspecified atom stereocenters. The minimum absolute atomic E-state index is 0.0508. The first-order valence-electron chi connectivity index (χ1n) is 9.75. The fraction of sp³-hybridized carbons (Fsp3) is 0.478. The van der Waals surface area contributed by atoms with Crippen molar-refractivity contribution in [1.29, 1.82) is 0 Å². The van der Waals surface area contributed by atoms with E-state index in [1.165, 1.54) is 0 Å². The number of hydrogen-bond acceptors (Lipinski definition) is 3. The minimum atomic E-state index is -3.66. The van der Waals surface area contributed by atoms with Crippen LogP contribution in [0.5, 0.6) is 5.75 Å². The Bertz CT molecular complexity index is 995. The van der Waals surface area contributed by atoms with Gasteiger partial charge in [0.05, 0.1) is 4.90 Å². The van der Waals surface area contributed by atoms with Crippen molar-refractivity contribution in [3.63, 3.8) is 0 Å². The van der Waals surface area contributed by atoms with E-state index in [1.807, 2.05) is 39.0 Å².